The smallest absolute Gasteiger partial charge is 0.137 e. The minimum absolute atomic E-state index is 0.225. The van der Waals surface area contributed by atoms with Crippen LogP contribution >= 0.6 is 15.9 Å². The Morgan fingerprint density at radius 2 is 1.95 bits per heavy atom. The van der Waals surface area contributed by atoms with Crippen molar-refractivity contribution in [2.75, 3.05) is 5.32 Å². The van der Waals surface area contributed by atoms with Gasteiger partial charge in [0.2, 0.25) is 0 Å². The Bertz CT molecular complexity index is 612. The van der Waals surface area contributed by atoms with Crippen molar-refractivity contribution in [1.82, 2.24) is 0 Å². The second-order valence-electron chi connectivity index (χ2n) is 5.27. The second-order valence-corrected chi connectivity index (χ2v) is 6.12. The third-order valence-corrected chi connectivity index (χ3v) is 4.49. The van der Waals surface area contributed by atoms with Gasteiger partial charge in [-0.05, 0) is 64.5 Å². The Labute approximate surface area is 127 Å². The highest BCUT2D eigenvalue weighted by molar-refractivity contribution is 9.10. The van der Waals surface area contributed by atoms with E-state index in [9.17, 15) is 4.39 Å². The Hall–Kier alpha value is -1.35. The van der Waals surface area contributed by atoms with Crippen molar-refractivity contribution >= 4 is 21.6 Å². The van der Waals surface area contributed by atoms with E-state index in [2.05, 4.69) is 45.5 Å². The molecule has 0 saturated heterocycles. The lowest BCUT2D eigenvalue weighted by Gasteiger charge is -2.21. The number of nitrogens with one attached hydrogen (secondary N) is 1. The second kappa shape index (κ2) is 5.96. The molecular weight excluding hydrogens is 317 g/mol. The number of hydrogen-bond acceptors (Lipinski definition) is 1. The maximum Gasteiger partial charge on any atom is 0.137 e. The number of halogens is 2. The van der Waals surface area contributed by atoms with Crippen LogP contribution in [0.3, 0.4) is 0 Å². The lowest BCUT2D eigenvalue weighted by atomic mass is 9.99. The first kappa shape index (κ1) is 13.6. The van der Waals surface area contributed by atoms with Crippen LogP contribution in [0.2, 0.25) is 0 Å². The highest BCUT2D eigenvalue weighted by Crippen LogP contribution is 2.32. The first-order valence-corrected chi connectivity index (χ1v) is 7.83. The quantitative estimate of drug-likeness (QED) is 0.718. The van der Waals surface area contributed by atoms with E-state index in [1.807, 2.05) is 6.07 Å². The zero-order valence-electron chi connectivity index (χ0n) is 11.2. The molecule has 0 fully saturated rings. The van der Waals surface area contributed by atoms with Gasteiger partial charge in [0.15, 0.2) is 0 Å². The van der Waals surface area contributed by atoms with E-state index >= 15 is 0 Å². The minimum atomic E-state index is -0.225. The molecule has 0 spiro atoms. The van der Waals surface area contributed by atoms with Crippen LogP contribution < -0.4 is 5.32 Å². The summed E-state index contributed by atoms with van der Waals surface area (Å²) in [7, 11) is 0. The summed E-state index contributed by atoms with van der Waals surface area (Å²) in [6, 6.07) is 14.0. The first-order valence-electron chi connectivity index (χ1n) is 7.03. The lowest BCUT2D eigenvalue weighted by Crippen LogP contribution is -2.11. The van der Waals surface area contributed by atoms with Crippen molar-refractivity contribution in [3.8, 4) is 0 Å². The molecule has 3 rings (SSSR count). The number of hydrogen-bond donors (Lipinski definition) is 1. The number of fused-ring (bicyclic) bond motifs is 1. The summed E-state index contributed by atoms with van der Waals surface area (Å²) >= 11 is 3.24. The molecule has 2 aromatic carbocycles. The van der Waals surface area contributed by atoms with E-state index in [4.69, 9.17) is 0 Å². The molecule has 2 aromatic rings. The Morgan fingerprint density at radius 3 is 2.80 bits per heavy atom. The average Bonchev–Trinajstić information content (AvgIpc) is 2.66. The standard InChI is InChI=1S/C17H17BrFN/c18-15-11-13(9-10-16(15)19)20-17-8-4-2-6-12-5-1-3-7-14(12)17/h1,3,5,7,9-11,17,20H,2,4,6,8H2. The fourth-order valence-electron chi connectivity index (χ4n) is 2.86. The number of benzene rings is 2. The molecule has 1 N–H and O–H groups in total. The summed E-state index contributed by atoms with van der Waals surface area (Å²) in [5.74, 6) is -0.225. The molecule has 0 amide bonds. The minimum Gasteiger partial charge on any atom is -0.378 e. The average molecular weight is 334 g/mol. The van der Waals surface area contributed by atoms with Crippen LogP contribution in [0, 0.1) is 5.82 Å². The molecular formula is C17H17BrFN. The van der Waals surface area contributed by atoms with E-state index in [1.165, 1.54) is 30.0 Å². The molecule has 1 unspecified atom stereocenters. The van der Waals surface area contributed by atoms with Crippen LogP contribution in [0.5, 0.6) is 0 Å². The number of anilines is 1. The highest BCUT2D eigenvalue weighted by Gasteiger charge is 2.18. The molecule has 1 aliphatic carbocycles. The third-order valence-electron chi connectivity index (χ3n) is 3.88. The topological polar surface area (TPSA) is 12.0 Å². The molecule has 0 aromatic heterocycles. The van der Waals surface area contributed by atoms with Crippen molar-refractivity contribution in [1.29, 1.82) is 0 Å². The van der Waals surface area contributed by atoms with E-state index in [-0.39, 0.29) is 5.82 Å². The fourth-order valence-corrected chi connectivity index (χ4v) is 3.24. The van der Waals surface area contributed by atoms with Gasteiger partial charge in [-0.1, -0.05) is 30.7 Å². The van der Waals surface area contributed by atoms with Crippen molar-refractivity contribution < 1.29 is 4.39 Å². The Morgan fingerprint density at radius 1 is 1.10 bits per heavy atom. The van der Waals surface area contributed by atoms with Gasteiger partial charge in [0.05, 0.1) is 10.5 Å². The van der Waals surface area contributed by atoms with Crippen LogP contribution in [-0.2, 0) is 6.42 Å². The normalized spacial score (nSPS) is 18.2. The van der Waals surface area contributed by atoms with Crippen LogP contribution in [0.1, 0.15) is 36.4 Å². The van der Waals surface area contributed by atoms with Gasteiger partial charge in [-0.3, -0.25) is 0 Å². The van der Waals surface area contributed by atoms with Gasteiger partial charge in [0.25, 0.3) is 0 Å². The van der Waals surface area contributed by atoms with Gasteiger partial charge >= 0.3 is 0 Å². The number of rotatable bonds is 2. The summed E-state index contributed by atoms with van der Waals surface area (Å²) in [4.78, 5) is 0. The summed E-state index contributed by atoms with van der Waals surface area (Å²) < 4.78 is 13.8. The van der Waals surface area contributed by atoms with Crippen molar-refractivity contribution in [2.24, 2.45) is 0 Å². The monoisotopic (exact) mass is 333 g/mol. The maximum absolute atomic E-state index is 13.3. The molecule has 0 saturated carbocycles. The van der Waals surface area contributed by atoms with Crippen LogP contribution in [0.4, 0.5) is 10.1 Å². The van der Waals surface area contributed by atoms with Gasteiger partial charge < -0.3 is 5.32 Å². The predicted octanol–water partition coefficient (Wildman–Crippen LogP) is 5.47. The summed E-state index contributed by atoms with van der Waals surface area (Å²) in [6.07, 6.45) is 4.73. The number of aryl methyl sites for hydroxylation is 1. The highest BCUT2D eigenvalue weighted by atomic mass is 79.9. The van der Waals surface area contributed by atoms with Gasteiger partial charge in [0.1, 0.15) is 5.82 Å². The maximum atomic E-state index is 13.3. The molecule has 0 radical (unpaired) electrons. The first-order chi connectivity index (χ1) is 9.74. The van der Waals surface area contributed by atoms with Gasteiger partial charge in [-0.15, -0.1) is 0 Å². The van der Waals surface area contributed by atoms with Gasteiger partial charge in [-0.2, -0.15) is 0 Å². The van der Waals surface area contributed by atoms with Crippen molar-refractivity contribution in [2.45, 2.75) is 31.7 Å². The SMILES string of the molecule is Fc1ccc(NC2CCCCc3ccccc32)cc1Br. The van der Waals surface area contributed by atoms with E-state index < -0.39 is 0 Å². The van der Waals surface area contributed by atoms with Crippen molar-refractivity contribution in [3.05, 3.63) is 63.9 Å². The molecule has 1 nitrogen and oxygen atoms in total. The molecule has 20 heavy (non-hydrogen) atoms. The summed E-state index contributed by atoms with van der Waals surface area (Å²) in [5.41, 5.74) is 3.77. The van der Waals surface area contributed by atoms with Gasteiger partial charge in [0, 0.05) is 5.69 Å². The molecule has 1 aliphatic rings. The summed E-state index contributed by atoms with van der Waals surface area (Å²) in [6.45, 7) is 0. The molecule has 0 bridgehead atoms. The summed E-state index contributed by atoms with van der Waals surface area (Å²) in [5, 5.41) is 3.55. The van der Waals surface area contributed by atoms with Crippen molar-refractivity contribution in [3.63, 3.8) is 0 Å². The zero-order chi connectivity index (χ0) is 13.9. The van der Waals surface area contributed by atoms with E-state index in [1.54, 1.807) is 6.07 Å². The van der Waals surface area contributed by atoms with Crippen LogP contribution in [-0.4, -0.2) is 0 Å². The van der Waals surface area contributed by atoms with Crippen LogP contribution in [0.25, 0.3) is 0 Å². The van der Waals surface area contributed by atoms with Gasteiger partial charge in [-0.25, -0.2) is 4.39 Å². The lowest BCUT2D eigenvalue weighted by molar-refractivity contribution is 0.620. The molecule has 104 valence electrons. The van der Waals surface area contributed by atoms with E-state index in [0.717, 1.165) is 18.5 Å². The fraction of sp³-hybridized carbons (Fsp3) is 0.294. The predicted molar refractivity (Wildman–Crippen MR) is 84.5 cm³/mol. The molecule has 1 atom stereocenters. The largest absolute Gasteiger partial charge is 0.378 e. The van der Waals surface area contributed by atoms with Crippen LogP contribution in [0.15, 0.2) is 46.9 Å². The third kappa shape index (κ3) is 2.88. The molecule has 3 heteroatoms. The van der Waals surface area contributed by atoms with E-state index in [0.29, 0.717) is 10.5 Å². The zero-order valence-corrected chi connectivity index (χ0v) is 12.8. The molecule has 0 heterocycles. The Kier molecular flexibility index (Phi) is 4.06. The Balaban J connectivity index is 1.88. The molecule has 0 aliphatic heterocycles.